The largest absolute Gasteiger partial charge is 0.493 e. The summed E-state index contributed by atoms with van der Waals surface area (Å²) in [7, 11) is 3.11. The lowest BCUT2D eigenvalue weighted by molar-refractivity contribution is -0.115. The molecule has 0 radical (unpaired) electrons. The lowest BCUT2D eigenvalue weighted by Gasteiger charge is -2.09. The van der Waals surface area contributed by atoms with Gasteiger partial charge in [-0.25, -0.2) is 9.97 Å². The molecule has 1 aromatic heterocycles. The van der Waals surface area contributed by atoms with Gasteiger partial charge in [0.15, 0.2) is 17.3 Å². The van der Waals surface area contributed by atoms with Crippen molar-refractivity contribution in [1.82, 2.24) is 9.97 Å². The van der Waals surface area contributed by atoms with Crippen molar-refractivity contribution in [3.05, 3.63) is 41.3 Å². The summed E-state index contributed by atoms with van der Waals surface area (Å²) in [6.07, 6.45) is 2.95. The number of rotatable bonds is 5. The Balaban J connectivity index is 2.04. The molecule has 2 rings (SSSR count). The number of carbonyl (C=O) groups excluding carboxylic acids is 1. The molecule has 0 atom stereocenters. The van der Waals surface area contributed by atoms with Gasteiger partial charge >= 0.3 is 0 Å². The average molecular weight is 308 g/mol. The summed E-state index contributed by atoms with van der Waals surface area (Å²) < 4.78 is 10.3. The van der Waals surface area contributed by atoms with Crippen molar-refractivity contribution >= 4 is 23.3 Å². The average Bonchev–Trinajstić information content (AvgIpc) is 2.49. The molecule has 0 saturated heterocycles. The maximum Gasteiger partial charge on any atom is 0.229 e. The molecule has 1 amide bonds. The number of ether oxygens (including phenoxy) is 2. The van der Waals surface area contributed by atoms with Crippen LogP contribution in [0.2, 0.25) is 5.15 Å². The fraction of sp³-hybridized carbons (Fsp3) is 0.214. The first kappa shape index (κ1) is 15.1. The van der Waals surface area contributed by atoms with Crippen molar-refractivity contribution in [2.75, 3.05) is 19.5 Å². The van der Waals surface area contributed by atoms with Crippen LogP contribution in [-0.2, 0) is 11.2 Å². The molecule has 2 aromatic rings. The van der Waals surface area contributed by atoms with Crippen LogP contribution in [0.5, 0.6) is 11.5 Å². The minimum atomic E-state index is -0.209. The second-order valence-electron chi connectivity index (χ2n) is 4.14. The van der Waals surface area contributed by atoms with Crippen molar-refractivity contribution in [3.63, 3.8) is 0 Å². The van der Waals surface area contributed by atoms with Crippen LogP contribution in [0.4, 0.5) is 5.82 Å². The molecule has 6 nitrogen and oxygen atoms in total. The lowest BCUT2D eigenvalue weighted by Crippen LogP contribution is -2.15. The van der Waals surface area contributed by atoms with Crippen molar-refractivity contribution in [3.8, 4) is 11.5 Å². The fourth-order valence-electron chi connectivity index (χ4n) is 1.74. The molecule has 0 aliphatic rings. The zero-order valence-corrected chi connectivity index (χ0v) is 12.3. The fourth-order valence-corrected chi connectivity index (χ4v) is 1.84. The van der Waals surface area contributed by atoms with Crippen LogP contribution in [0.1, 0.15) is 5.56 Å². The minimum absolute atomic E-state index is 0.185. The third-order valence-electron chi connectivity index (χ3n) is 2.70. The summed E-state index contributed by atoms with van der Waals surface area (Å²) in [6, 6.07) is 5.31. The number of hydrogen-bond donors (Lipinski definition) is 1. The lowest BCUT2D eigenvalue weighted by atomic mass is 10.1. The number of anilines is 1. The maximum atomic E-state index is 11.9. The first-order valence-corrected chi connectivity index (χ1v) is 6.48. The predicted octanol–water partition coefficient (Wildman–Crippen LogP) is 2.33. The molecule has 1 heterocycles. The molecular weight excluding hydrogens is 294 g/mol. The zero-order valence-electron chi connectivity index (χ0n) is 11.6. The van der Waals surface area contributed by atoms with Gasteiger partial charge in [0.25, 0.3) is 0 Å². The zero-order chi connectivity index (χ0) is 15.2. The normalized spacial score (nSPS) is 10.0. The Kier molecular flexibility index (Phi) is 4.94. The van der Waals surface area contributed by atoms with E-state index in [2.05, 4.69) is 15.3 Å². The number of aromatic nitrogens is 2. The molecule has 0 saturated carbocycles. The van der Waals surface area contributed by atoms with Gasteiger partial charge in [-0.15, -0.1) is 0 Å². The Morgan fingerprint density at radius 1 is 1.19 bits per heavy atom. The number of carbonyl (C=O) groups is 1. The molecule has 110 valence electrons. The second-order valence-corrected chi connectivity index (χ2v) is 4.53. The van der Waals surface area contributed by atoms with E-state index in [-0.39, 0.29) is 17.5 Å². The summed E-state index contributed by atoms with van der Waals surface area (Å²) in [5, 5.41) is 2.91. The van der Waals surface area contributed by atoms with Crippen molar-refractivity contribution < 1.29 is 14.3 Å². The quantitative estimate of drug-likeness (QED) is 0.917. The van der Waals surface area contributed by atoms with Gasteiger partial charge in [-0.2, -0.15) is 0 Å². The predicted molar refractivity (Wildman–Crippen MR) is 78.9 cm³/mol. The van der Waals surface area contributed by atoms with Crippen molar-refractivity contribution in [1.29, 1.82) is 0 Å². The number of benzene rings is 1. The SMILES string of the molecule is COc1ccc(CC(=O)Nc2cnc(Cl)cn2)cc1OC. The van der Waals surface area contributed by atoms with Crippen LogP contribution >= 0.6 is 11.6 Å². The topological polar surface area (TPSA) is 73.3 Å². The van der Waals surface area contributed by atoms with Gasteiger partial charge in [-0.3, -0.25) is 4.79 Å². The van der Waals surface area contributed by atoms with Crippen LogP contribution in [-0.4, -0.2) is 30.1 Å². The molecule has 0 aliphatic heterocycles. The molecule has 0 bridgehead atoms. The van der Waals surface area contributed by atoms with Gasteiger partial charge in [0, 0.05) is 0 Å². The highest BCUT2D eigenvalue weighted by Crippen LogP contribution is 2.27. The Morgan fingerprint density at radius 3 is 2.57 bits per heavy atom. The number of nitrogens with zero attached hydrogens (tertiary/aromatic N) is 2. The number of hydrogen-bond acceptors (Lipinski definition) is 5. The van der Waals surface area contributed by atoms with Gasteiger partial charge in [-0.1, -0.05) is 17.7 Å². The minimum Gasteiger partial charge on any atom is -0.493 e. The van der Waals surface area contributed by atoms with Gasteiger partial charge in [0.1, 0.15) is 5.15 Å². The third kappa shape index (κ3) is 4.06. The standard InChI is InChI=1S/C14H14ClN3O3/c1-20-10-4-3-9(5-11(10)21-2)6-14(19)18-13-8-16-12(15)7-17-13/h3-5,7-8H,6H2,1-2H3,(H,17,18,19). The highest BCUT2D eigenvalue weighted by Gasteiger charge is 2.09. The molecule has 0 spiro atoms. The summed E-state index contributed by atoms with van der Waals surface area (Å²) >= 11 is 5.63. The van der Waals surface area contributed by atoms with Crippen LogP contribution in [0.3, 0.4) is 0 Å². The summed E-state index contributed by atoms with van der Waals surface area (Å²) in [5.74, 6) is 1.34. The monoisotopic (exact) mass is 307 g/mol. The molecular formula is C14H14ClN3O3. The summed E-state index contributed by atoms with van der Waals surface area (Å²) in [4.78, 5) is 19.7. The Bertz CT molecular complexity index is 632. The molecule has 1 N–H and O–H groups in total. The molecule has 0 unspecified atom stereocenters. The number of nitrogens with one attached hydrogen (secondary N) is 1. The van der Waals surface area contributed by atoms with Crippen LogP contribution in [0, 0.1) is 0 Å². The Hall–Kier alpha value is -2.34. The molecule has 7 heteroatoms. The highest BCUT2D eigenvalue weighted by atomic mass is 35.5. The van der Waals surface area contributed by atoms with E-state index in [4.69, 9.17) is 21.1 Å². The maximum absolute atomic E-state index is 11.9. The summed E-state index contributed by atoms with van der Waals surface area (Å²) in [5.41, 5.74) is 0.798. The van der Waals surface area contributed by atoms with E-state index >= 15 is 0 Å². The smallest absolute Gasteiger partial charge is 0.229 e. The first-order chi connectivity index (χ1) is 10.1. The first-order valence-electron chi connectivity index (χ1n) is 6.10. The Labute approximate surface area is 127 Å². The van der Waals surface area contributed by atoms with E-state index in [1.165, 1.54) is 12.4 Å². The van der Waals surface area contributed by atoms with E-state index in [0.29, 0.717) is 17.3 Å². The van der Waals surface area contributed by atoms with Gasteiger partial charge in [-0.05, 0) is 17.7 Å². The second kappa shape index (κ2) is 6.90. The van der Waals surface area contributed by atoms with E-state index in [9.17, 15) is 4.79 Å². The van der Waals surface area contributed by atoms with Gasteiger partial charge < -0.3 is 14.8 Å². The van der Waals surface area contributed by atoms with E-state index in [1.54, 1.807) is 32.4 Å². The highest BCUT2D eigenvalue weighted by molar-refractivity contribution is 6.29. The summed E-state index contributed by atoms with van der Waals surface area (Å²) in [6.45, 7) is 0. The molecule has 21 heavy (non-hydrogen) atoms. The van der Waals surface area contributed by atoms with E-state index in [1.807, 2.05) is 0 Å². The van der Waals surface area contributed by atoms with E-state index < -0.39 is 0 Å². The van der Waals surface area contributed by atoms with Crippen LogP contribution < -0.4 is 14.8 Å². The van der Waals surface area contributed by atoms with E-state index in [0.717, 1.165) is 5.56 Å². The van der Waals surface area contributed by atoms with Crippen LogP contribution in [0.15, 0.2) is 30.6 Å². The van der Waals surface area contributed by atoms with Gasteiger partial charge in [0.2, 0.25) is 5.91 Å². The molecule has 0 fully saturated rings. The van der Waals surface area contributed by atoms with Gasteiger partial charge in [0.05, 0.1) is 33.0 Å². The third-order valence-corrected chi connectivity index (χ3v) is 2.90. The molecule has 0 aliphatic carbocycles. The number of amides is 1. The van der Waals surface area contributed by atoms with Crippen LogP contribution in [0.25, 0.3) is 0 Å². The Morgan fingerprint density at radius 2 is 1.95 bits per heavy atom. The number of methoxy groups -OCH3 is 2. The van der Waals surface area contributed by atoms with Crippen molar-refractivity contribution in [2.24, 2.45) is 0 Å². The molecule has 1 aromatic carbocycles. The number of halogens is 1. The van der Waals surface area contributed by atoms with Crippen molar-refractivity contribution in [2.45, 2.75) is 6.42 Å².